The van der Waals surface area contributed by atoms with Crippen LogP contribution in [0.2, 0.25) is 0 Å². The number of aryl methyl sites for hydroxylation is 1. The number of rotatable bonds is 3. The largest absolute Gasteiger partial charge is 0.476 e. The first-order chi connectivity index (χ1) is 8.50. The summed E-state index contributed by atoms with van der Waals surface area (Å²) in [5.74, 6) is -1.06. The molecule has 0 unspecified atom stereocenters. The first-order valence-electron chi connectivity index (χ1n) is 5.76. The van der Waals surface area contributed by atoms with Crippen molar-refractivity contribution in [1.29, 1.82) is 0 Å². The van der Waals surface area contributed by atoms with Gasteiger partial charge in [0, 0.05) is 11.6 Å². The van der Waals surface area contributed by atoms with Crippen molar-refractivity contribution in [1.82, 2.24) is 15.0 Å². The molecule has 5 nitrogen and oxygen atoms in total. The minimum absolute atomic E-state index is 0.00528. The van der Waals surface area contributed by atoms with Gasteiger partial charge in [0.2, 0.25) is 0 Å². The van der Waals surface area contributed by atoms with E-state index in [9.17, 15) is 9.90 Å². The van der Waals surface area contributed by atoms with E-state index in [2.05, 4.69) is 10.3 Å². The van der Waals surface area contributed by atoms with Crippen LogP contribution in [0, 0.1) is 6.92 Å². The van der Waals surface area contributed by atoms with Gasteiger partial charge in [-0.3, -0.25) is 0 Å². The Morgan fingerprint density at radius 3 is 2.67 bits per heavy atom. The van der Waals surface area contributed by atoms with E-state index >= 15 is 0 Å². The Balaban J connectivity index is 2.67. The van der Waals surface area contributed by atoms with E-state index in [0.29, 0.717) is 5.69 Å². The van der Waals surface area contributed by atoms with Crippen LogP contribution < -0.4 is 0 Å². The van der Waals surface area contributed by atoms with Gasteiger partial charge in [0.1, 0.15) is 5.69 Å². The smallest absolute Gasteiger partial charge is 0.358 e. The van der Waals surface area contributed by atoms with Gasteiger partial charge in [-0.25, -0.2) is 9.48 Å². The lowest BCUT2D eigenvalue weighted by Gasteiger charge is -2.10. The molecule has 1 N–H and O–H groups in total. The highest BCUT2D eigenvalue weighted by molar-refractivity contribution is 5.92. The third kappa shape index (κ3) is 2.11. The van der Waals surface area contributed by atoms with Crippen molar-refractivity contribution in [2.75, 3.05) is 0 Å². The van der Waals surface area contributed by atoms with Gasteiger partial charge in [0.15, 0.2) is 5.69 Å². The Kier molecular flexibility index (Phi) is 3.14. The standard InChI is InChI=1S/C13H15N3O2/c1-8(2)16-12(11(13(17)18)14-15-16)10-6-4-5-9(3)7-10/h4-8H,1-3H3,(H,17,18). The normalized spacial score (nSPS) is 10.9. The van der Waals surface area contributed by atoms with Crippen LogP contribution in [-0.4, -0.2) is 26.1 Å². The minimum Gasteiger partial charge on any atom is -0.476 e. The molecular formula is C13H15N3O2. The van der Waals surface area contributed by atoms with Crippen LogP contribution in [0.25, 0.3) is 11.3 Å². The minimum atomic E-state index is -1.06. The SMILES string of the molecule is Cc1cccc(-c2c(C(=O)O)nnn2C(C)C)c1. The second-order valence-corrected chi connectivity index (χ2v) is 4.50. The summed E-state index contributed by atoms with van der Waals surface area (Å²) in [6.45, 7) is 5.85. The van der Waals surface area contributed by atoms with Crippen molar-refractivity contribution in [2.24, 2.45) is 0 Å². The molecule has 1 aromatic carbocycles. The van der Waals surface area contributed by atoms with Crippen LogP contribution in [0.15, 0.2) is 24.3 Å². The van der Waals surface area contributed by atoms with Crippen molar-refractivity contribution in [3.05, 3.63) is 35.5 Å². The van der Waals surface area contributed by atoms with Gasteiger partial charge in [-0.1, -0.05) is 29.0 Å². The lowest BCUT2D eigenvalue weighted by molar-refractivity contribution is 0.0691. The number of hydrogen-bond acceptors (Lipinski definition) is 3. The van der Waals surface area contributed by atoms with Crippen LogP contribution in [0.1, 0.15) is 35.9 Å². The number of carbonyl (C=O) groups is 1. The maximum atomic E-state index is 11.2. The van der Waals surface area contributed by atoms with Crippen LogP contribution in [0.4, 0.5) is 0 Å². The fourth-order valence-corrected chi connectivity index (χ4v) is 1.86. The molecule has 2 aromatic rings. The van der Waals surface area contributed by atoms with E-state index in [1.165, 1.54) is 0 Å². The quantitative estimate of drug-likeness (QED) is 0.902. The highest BCUT2D eigenvalue weighted by atomic mass is 16.4. The molecule has 18 heavy (non-hydrogen) atoms. The Hall–Kier alpha value is -2.17. The van der Waals surface area contributed by atoms with E-state index < -0.39 is 5.97 Å². The molecule has 0 aliphatic carbocycles. The number of benzene rings is 1. The molecule has 1 aromatic heterocycles. The number of nitrogens with zero attached hydrogens (tertiary/aromatic N) is 3. The first-order valence-corrected chi connectivity index (χ1v) is 5.76. The number of aromatic carboxylic acids is 1. The molecule has 2 rings (SSSR count). The van der Waals surface area contributed by atoms with E-state index in [-0.39, 0.29) is 11.7 Å². The molecule has 0 saturated carbocycles. The Bertz CT molecular complexity index is 588. The van der Waals surface area contributed by atoms with Crippen molar-refractivity contribution < 1.29 is 9.90 Å². The van der Waals surface area contributed by atoms with Gasteiger partial charge in [0.25, 0.3) is 0 Å². The average molecular weight is 245 g/mol. The summed E-state index contributed by atoms with van der Waals surface area (Å²) in [6, 6.07) is 7.73. The molecule has 0 aliphatic rings. The molecule has 0 saturated heterocycles. The van der Waals surface area contributed by atoms with Crippen molar-refractivity contribution in [2.45, 2.75) is 26.8 Å². The molecular weight excluding hydrogens is 230 g/mol. The van der Waals surface area contributed by atoms with E-state index in [1.54, 1.807) is 4.68 Å². The third-order valence-corrected chi connectivity index (χ3v) is 2.68. The number of carboxylic acids is 1. The molecule has 0 radical (unpaired) electrons. The fourth-order valence-electron chi connectivity index (χ4n) is 1.86. The maximum Gasteiger partial charge on any atom is 0.358 e. The zero-order chi connectivity index (χ0) is 13.3. The summed E-state index contributed by atoms with van der Waals surface area (Å²) < 4.78 is 1.64. The van der Waals surface area contributed by atoms with Gasteiger partial charge in [-0.2, -0.15) is 0 Å². The summed E-state index contributed by atoms with van der Waals surface area (Å²) in [5.41, 5.74) is 2.45. The molecule has 94 valence electrons. The molecule has 5 heteroatoms. The monoisotopic (exact) mass is 245 g/mol. The van der Waals surface area contributed by atoms with E-state index in [4.69, 9.17) is 0 Å². The summed E-state index contributed by atoms with van der Waals surface area (Å²) >= 11 is 0. The molecule has 0 fully saturated rings. The predicted octanol–water partition coefficient (Wildman–Crippen LogP) is 2.53. The number of aromatic nitrogens is 3. The highest BCUT2D eigenvalue weighted by Crippen LogP contribution is 2.25. The third-order valence-electron chi connectivity index (χ3n) is 2.68. The highest BCUT2D eigenvalue weighted by Gasteiger charge is 2.21. The number of hydrogen-bond donors (Lipinski definition) is 1. The summed E-state index contributed by atoms with van der Waals surface area (Å²) in [5, 5.41) is 16.9. The van der Waals surface area contributed by atoms with E-state index in [0.717, 1.165) is 11.1 Å². The predicted molar refractivity (Wildman–Crippen MR) is 67.5 cm³/mol. The fraction of sp³-hybridized carbons (Fsp3) is 0.308. The van der Waals surface area contributed by atoms with Crippen LogP contribution in [0.5, 0.6) is 0 Å². The topological polar surface area (TPSA) is 68.0 Å². The second-order valence-electron chi connectivity index (χ2n) is 4.50. The Morgan fingerprint density at radius 1 is 1.39 bits per heavy atom. The van der Waals surface area contributed by atoms with Crippen LogP contribution in [-0.2, 0) is 0 Å². The van der Waals surface area contributed by atoms with Gasteiger partial charge in [0.05, 0.1) is 0 Å². The molecule has 1 heterocycles. The van der Waals surface area contributed by atoms with Crippen LogP contribution in [0.3, 0.4) is 0 Å². The lowest BCUT2D eigenvalue weighted by Crippen LogP contribution is -2.07. The molecule has 0 amide bonds. The van der Waals surface area contributed by atoms with E-state index in [1.807, 2.05) is 45.0 Å². The van der Waals surface area contributed by atoms with Gasteiger partial charge >= 0.3 is 5.97 Å². The molecule has 0 atom stereocenters. The first kappa shape index (κ1) is 12.3. The lowest BCUT2D eigenvalue weighted by atomic mass is 10.1. The second kappa shape index (κ2) is 4.60. The van der Waals surface area contributed by atoms with Crippen LogP contribution >= 0.6 is 0 Å². The van der Waals surface area contributed by atoms with Crippen molar-refractivity contribution in [3.8, 4) is 11.3 Å². The molecule has 0 aliphatic heterocycles. The van der Waals surface area contributed by atoms with Gasteiger partial charge < -0.3 is 5.11 Å². The average Bonchev–Trinajstić information content (AvgIpc) is 2.73. The zero-order valence-electron chi connectivity index (χ0n) is 10.6. The van der Waals surface area contributed by atoms with Gasteiger partial charge in [-0.05, 0) is 26.8 Å². The molecule has 0 bridgehead atoms. The zero-order valence-corrected chi connectivity index (χ0v) is 10.6. The molecule has 0 spiro atoms. The Labute approximate surface area is 105 Å². The summed E-state index contributed by atoms with van der Waals surface area (Å²) in [7, 11) is 0. The van der Waals surface area contributed by atoms with Gasteiger partial charge in [-0.15, -0.1) is 5.10 Å². The maximum absolute atomic E-state index is 11.2. The van der Waals surface area contributed by atoms with Crippen molar-refractivity contribution in [3.63, 3.8) is 0 Å². The number of carboxylic acid groups (broad SMARTS) is 1. The summed E-state index contributed by atoms with van der Waals surface area (Å²) in [6.07, 6.45) is 0. The van der Waals surface area contributed by atoms with Crippen molar-refractivity contribution >= 4 is 5.97 Å². The Morgan fingerprint density at radius 2 is 2.11 bits per heavy atom. The summed E-state index contributed by atoms with van der Waals surface area (Å²) in [4.78, 5) is 11.2.